The Morgan fingerprint density at radius 3 is 2.70 bits per heavy atom. The number of benzene rings is 1. The minimum atomic E-state index is -0.768. The van der Waals surface area contributed by atoms with Crippen LogP contribution in [0.1, 0.15) is 18.5 Å². The quantitative estimate of drug-likeness (QED) is 0.660. The third-order valence-electron chi connectivity index (χ3n) is 4.25. The van der Waals surface area contributed by atoms with E-state index in [1.807, 2.05) is 11.0 Å². The first-order chi connectivity index (χ1) is 11.0. The number of nitrogens with one attached hydrogen (secondary N) is 1. The topological polar surface area (TPSA) is 95.3 Å². The van der Waals surface area contributed by atoms with Gasteiger partial charge in [0.05, 0.1) is 21.2 Å². The lowest BCUT2D eigenvalue weighted by Gasteiger charge is -2.39. The number of hydrogen-bond donors (Lipinski definition) is 2. The van der Waals surface area contributed by atoms with E-state index in [1.54, 1.807) is 12.3 Å². The highest BCUT2D eigenvalue weighted by Crippen LogP contribution is 2.34. The van der Waals surface area contributed by atoms with Crippen LogP contribution < -0.4 is 4.90 Å². The van der Waals surface area contributed by atoms with Gasteiger partial charge < -0.3 is 10.0 Å². The standard InChI is InChI=1S/C15H17ClN4O3/c16-13-9-12(20(22)23)1-2-14(13)19-7-4-15(21,5-8-19)10-11-3-6-17-18-11/h1-3,6,9,21H,4-5,7-8,10H2,(H,17,18). The molecule has 1 aromatic heterocycles. The van der Waals surface area contributed by atoms with Gasteiger partial charge in [0.1, 0.15) is 0 Å². The van der Waals surface area contributed by atoms with E-state index in [1.165, 1.54) is 12.1 Å². The van der Waals surface area contributed by atoms with Gasteiger partial charge in [-0.05, 0) is 25.0 Å². The summed E-state index contributed by atoms with van der Waals surface area (Å²) >= 11 is 6.17. The molecule has 0 bridgehead atoms. The number of anilines is 1. The van der Waals surface area contributed by atoms with E-state index in [9.17, 15) is 15.2 Å². The Bertz CT molecular complexity index is 697. The highest BCUT2D eigenvalue weighted by molar-refractivity contribution is 6.33. The molecule has 2 heterocycles. The van der Waals surface area contributed by atoms with Gasteiger partial charge in [0.15, 0.2) is 0 Å². The Balaban J connectivity index is 1.68. The van der Waals surface area contributed by atoms with Crippen LogP contribution in [0, 0.1) is 10.1 Å². The molecule has 0 saturated carbocycles. The maximum atomic E-state index is 10.8. The van der Waals surface area contributed by atoms with Crippen LogP contribution in [0.25, 0.3) is 0 Å². The summed E-state index contributed by atoms with van der Waals surface area (Å²) in [5.74, 6) is 0. The van der Waals surface area contributed by atoms with Gasteiger partial charge in [0.2, 0.25) is 0 Å². The van der Waals surface area contributed by atoms with Crippen molar-refractivity contribution in [3.63, 3.8) is 0 Å². The van der Waals surface area contributed by atoms with Crippen molar-refractivity contribution in [1.82, 2.24) is 10.2 Å². The first kappa shape index (κ1) is 15.8. The van der Waals surface area contributed by atoms with Crippen LogP contribution >= 0.6 is 11.6 Å². The van der Waals surface area contributed by atoms with Gasteiger partial charge >= 0.3 is 0 Å². The molecule has 0 radical (unpaired) electrons. The van der Waals surface area contributed by atoms with E-state index in [0.29, 0.717) is 37.4 Å². The molecule has 1 aliphatic heterocycles. The molecular weight excluding hydrogens is 320 g/mol. The van der Waals surface area contributed by atoms with Crippen molar-refractivity contribution >= 4 is 23.0 Å². The minimum absolute atomic E-state index is 0.0218. The van der Waals surface area contributed by atoms with Crippen LogP contribution in [0.2, 0.25) is 5.02 Å². The van der Waals surface area contributed by atoms with Gasteiger partial charge in [-0.1, -0.05) is 11.6 Å². The molecule has 2 N–H and O–H groups in total. The minimum Gasteiger partial charge on any atom is -0.389 e. The van der Waals surface area contributed by atoms with Crippen molar-refractivity contribution in [2.24, 2.45) is 0 Å². The number of aromatic nitrogens is 2. The number of aromatic amines is 1. The number of nitro benzene ring substituents is 1. The number of nitro groups is 1. The Morgan fingerprint density at radius 1 is 1.39 bits per heavy atom. The van der Waals surface area contributed by atoms with Crippen LogP contribution in [-0.4, -0.2) is 38.9 Å². The lowest BCUT2D eigenvalue weighted by atomic mass is 9.87. The average Bonchev–Trinajstić information content (AvgIpc) is 3.00. The van der Waals surface area contributed by atoms with Gasteiger partial charge in [-0.2, -0.15) is 5.10 Å². The fourth-order valence-corrected chi connectivity index (χ4v) is 3.24. The van der Waals surface area contributed by atoms with Crippen LogP contribution in [0.5, 0.6) is 0 Å². The highest BCUT2D eigenvalue weighted by Gasteiger charge is 2.33. The lowest BCUT2D eigenvalue weighted by Crippen LogP contribution is -2.46. The first-order valence-electron chi connectivity index (χ1n) is 7.36. The molecule has 7 nitrogen and oxygen atoms in total. The SMILES string of the molecule is O=[N+]([O-])c1ccc(N2CCC(O)(Cc3ccn[nH]3)CC2)c(Cl)c1. The van der Waals surface area contributed by atoms with Crippen molar-refractivity contribution in [3.8, 4) is 0 Å². The fourth-order valence-electron chi connectivity index (χ4n) is 2.94. The zero-order chi connectivity index (χ0) is 16.4. The Morgan fingerprint density at radius 2 is 2.13 bits per heavy atom. The number of non-ortho nitro benzene ring substituents is 1. The van der Waals surface area contributed by atoms with E-state index < -0.39 is 10.5 Å². The summed E-state index contributed by atoms with van der Waals surface area (Å²) in [6.07, 6.45) is 3.40. The number of nitrogens with zero attached hydrogens (tertiary/aromatic N) is 3. The maximum Gasteiger partial charge on any atom is 0.271 e. The Kier molecular flexibility index (Phi) is 4.23. The van der Waals surface area contributed by atoms with Gasteiger partial charge in [-0.15, -0.1) is 0 Å². The van der Waals surface area contributed by atoms with Crippen LogP contribution in [0.3, 0.4) is 0 Å². The number of halogens is 1. The summed E-state index contributed by atoms with van der Waals surface area (Å²) in [6, 6.07) is 6.34. The van der Waals surface area contributed by atoms with E-state index >= 15 is 0 Å². The van der Waals surface area contributed by atoms with Crippen molar-refractivity contribution in [2.75, 3.05) is 18.0 Å². The second kappa shape index (κ2) is 6.17. The molecule has 0 spiro atoms. The second-order valence-corrected chi connectivity index (χ2v) is 6.27. The zero-order valence-electron chi connectivity index (χ0n) is 12.4. The first-order valence-corrected chi connectivity index (χ1v) is 7.74. The van der Waals surface area contributed by atoms with Crippen LogP contribution in [0.15, 0.2) is 30.5 Å². The zero-order valence-corrected chi connectivity index (χ0v) is 13.2. The normalized spacial score (nSPS) is 17.2. The summed E-state index contributed by atoms with van der Waals surface area (Å²) < 4.78 is 0. The number of aliphatic hydroxyl groups is 1. The van der Waals surface area contributed by atoms with E-state index in [4.69, 9.17) is 11.6 Å². The molecule has 1 aliphatic rings. The monoisotopic (exact) mass is 336 g/mol. The maximum absolute atomic E-state index is 10.8. The van der Waals surface area contributed by atoms with Crippen molar-refractivity contribution in [3.05, 3.63) is 51.3 Å². The summed E-state index contributed by atoms with van der Waals surface area (Å²) in [6.45, 7) is 1.28. The van der Waals surface area contributed by atoms with Crippen LogP contribution in [-0.2, 0) is 6.42 Å². The molecule has 0 amide bonds. The fraction of sp³-hybridized carbons (Fsp3) is 0.400. The molecular formula is C15H17ClN4O3. The summed E-state index contributed by atoms with van der Waals surface area (Å²) in [4.78, 5) is 12.4. The lowest BCUT2D eigenvalue weighted by molar-refractivity contribution is -0.384. The molecule has 1 aromatic carbocycles. The van der Waals surface area contributed by atoms with E-state index in [0.717, 1.165) is 11.4 Å². The molecule has 122 valence electrons. The Hall–Kier alpha value is -2.12. The second-order valence-electron chi connectivity index (χ2n) is 5.86. The van der Waals surface area contributed by atoms with Crippen LogP contribution in [0.4, 0.5) is 11.4 Å². The smallest absolute Gasteiger partial charge is 0.271 e. The largest absolute Gasteiger partial charge is 0.389 e. The van der Waals surface area contributed by atoms with E-state index in [-0.39, 0.29) is 5.69 Å². The summed E-state index contributed by atoms with van der Waals surface area (Å²) in [5.41, 5.74) is 0.887. The molecule has 23 heavy (non-hydrogen) atoms. The number of hydrogen-bond acceptors (Lipinski definition) is 5. The molecule has 3 rings (SSSR count). The third kappa shape index (κ3) is 3.46. The average molecular weight is 337 g/mol. The predicted molar refractivity (Wildman–Crippen MR) is 86.8 cm³/mol. The van der Waals surface area contributed by atoms with Crippen molar-refractivity contribution in [1.29, 1.82) is 0 Å². The molecule has 1 fully saturated rings. The predicted octanol–water partition coefficient (Wildman–Crippen LogP) is 2.55. The molecule has 0 unspecified atom stereocenters. The van der Waals surface area contributed by atoms with Crippen molar-refractivity contribution < 1.29 is 10.0 Å². The molecule has 0 atom stereocenters. The third-order valence-corrected chi connectivity index (χ3v) is 4.56. The van der Waals surface area contributed by atoms with E-state index in [2.05, 4.69) is 10.2 Å². The molecule has 2 aromatic rings. The summed E-state index contributed by atoms with van der Waals surface area (Å²) in [5, 5.41) is 28.6. The number of piperidine rings is 1. The Labute approximate surface area is 138 Å². The van der Waals surface area contributed by atoms with Gasteiger partial charge in [0.25, 0.3) is 5.69 Å². The molecule has 8 heteroatoms. The van der Waals surface area contributed by atoms with Gasteiger partial charge in [-0.3, -0.25) is 15.2 Å². The number of rotatable bonds is 4. The van der Waals surface area contributed by atoms with Crippen molar-refractivity contribution in [2.45, 2.75) is 24.9 Å². The summed E-state index contributed by atoms with van der Waals surface area (Å²) in [7, 11) is 0. The van der Waals surface area contributed by atoms with Gasteiger partial charge in [-0.25, -0.2) is 0 Å². The number of H-pyrrole nitrogens is 1. The highest BCUT2D eigenvalue weighted by atomic mass is 35.5. The molecule has 1 saturated heterocycles. The van der Waals surface area contributed by atoms with Gasteiger partial charge in [0, 0.05) is 43.5 Å². The molecule has 0 aliphatic carbocycles.